The van der Waals surface area contributed by atoms with Crippen molar-refractivity contribution in [1.82, 2.24) is 36.5 Å². The van der Waals surface area contributed by atoms with Gasteiger partial charge in [0.05, 0.1) is 109 Å². The molecular weight excluding hydrogens is 1170 g/mol. The molecule has 32 heteroatoms. The van der Waals surface area contributed by atoms with Crippen LogP contribution in [0.4, 0.5) is 0 Å². The van der Waals surface area contributed by atoms with E-state index in [1.807, 2.05) is 56.4 Å². The van der Waals surface area contributed by atoms with Crippen LogP contribution in [0.15, 0.2) is 150 Å². The normalized spacial score (nSPS) is 9.09. The van der Waals surface area contributed by atoms with Crippen molar-refractivity contribution in [3.63, 3.8) is 0 Å². The largest absolute Gasteiger partial charge is 0.881 e. The summed E-state index contributed by atoms with van der Waals surface area (Å²) in [6.07, 6.45) is 59.4. The van der Waals surface area contributed by atoms with Gasteiger partial charge in [-0.15, -0.1) is 0 Å². The molecule has 92 heavy (non-hydrogen) atoms. The van der Waals surface area contributed by atoms with Crippen LogP contribution in [-0.4, -0.2) is 65.0 Å². The maximum absolute atomic E-state index is 8.98. The first kappa shape index (κ1) is 90.0. The standard InChI is InChI=1S/8C7H13N2.4CBNO2/c8*1-3-4-9-6-5-8(2)7-9;4*3-1-2(4)5/h8*5-7H,3-4H2,1-2H3;;;;/q8*+1;4*-2. The van der Waals surface area contributed by atoms with E-state index in [1.165, 1.54) is 51.4 Å². The van der Waals surface area contributed by atoms with E-state index in [1.54, 1.807) is 0 Å². The molecular formula is C60H104B4N20O8. The first-order valence-corrected chi connectivity index (χ1v) is 30.6. The Morgan fingerprint density at radius 3 is 0.370 bits per heavy atom. The van der Waals surface area contributed by atoms with Crippen molar-refractivity contribution < 1.29 is 76.7 Å². The lowest BCUT2D eigenvalue weighted by atomic mass is 9.97. The number of hydrogen-bond acceptors (Lipinski definition) is 12. The Kier molecular flexibility index (Phi) is 58.9. The predicted octanol–water partition coefficient (Wildman–Crippen LogP) is -5.19. The highest BCUT2D eigenvalue weighted by molar-refractivity contribution is 6.47. The van der Waals surface area contributed by atoms with Crippen LogP contribution in [0.3, 0.4) is 0 Å². The smallest absolute Gasteiger partial charge is 0.243 e. The Morgan fingerprint density at radius 1 is 0.239 bits per heavy atom. The maximum atomic E-state index is 8.98. The second-order valence-electron chi connectivity index (χ2n) is 20.4. The molecule has 0 saturated carbocycles. The second kappa shape index (κ2) is 60.2. The van der Waals surface area contributed by atoms with Gasteiger partial charge in [-0.25, -0.2) is 94.1 Å². The molecule has 28 nitrogen and oxygen atoms in total. The van der Waals surface area contributed by atoms with Crippen LogP contribution in [0.1, 0.15) is 107 Å². The van der Waals surface area contributed by atoms with Gasteiger partial charge in [0, 0.05) is 28.5 Å². The first-order chi connectivity index (χ1) is 43.7. The number of nitriles is 4. The fourth-order valence-corrected chi connectivity index (χ4v) is 7.14. The molecule has 0 aliphatic carbocycles. The summed E-state index contributed by atoms with van der Waals surface area (Å²) in [6.45, 7) is 26.5. The monoisotopic (exact) mass is 1280 g/mol. The summed E-state index contributed by atoms with van der Waals surface area (Å²) in [5.74, 6) is 3.67. The highest BCUT2D eigenvalue weighted by Gasteiger charge is 2.00. The van der Waals surface area contributed by atoms with Gasteiger partial charge in [-0.1, -0.05) is 55.4 Å². The zero-order chi connectivity index (χ0) is 70.7. The molecule has 0 atom stereocenters. The molecule has 0 unspecified atom stereocenters. The molecule has 0 amide bonds. The molecule has 0 saturated heterocycles. The Balaban J connectivity index is -0.000000463. The molecule has 0 bridgehead atoms. The van der Waals surface area contributed by atoms with Crippen molar-refractivity contribution in [2.24, 2.45) is 56.4 Å². The zero-order valence-electron chi connectivity index (χ0n) is 57.7. The second-order valence-corrected chi connectivity index (χ2v) is 20.4. The lowest BCUT2D eigenvalue weighted by Crippen LogP contribution is -2.43. The first-order valence-electron chi connectivity index (χ1n) is 30.6. The van der Waals surface area contributed by atoms with Crippen molar-refractivity contribution in [1.29, 1.82) is 21.0 Å². The van der Waals surface area contributed by atoms with Gasteiger partial charge in [0.25, 0.3) is 0 Å². The fraction of sp³-hybridized carbons (Fsp3) is 0.533. The molecule has 8 heterocycles. The third-order valence-corrected chi connectivity index (χ3v) is 10.9. The fourth-order valence-electron chi connectivity index (χ4n) is 7.14. The summed E-state index contributed by atoms with van der Waals surface area (Å²) >= 11 is 0. The molecule has 0 aliphatic heterocycles. The van der Waals surface area contributed by atoms with E-state index in [9.17, 15) is 0 Å². The van der Waals surface area contributed by atoms with E-state index >= 15 is 0 Å². The molecule has 0 aliphatic rings. The quantitative estimate of drug-likeness (QED) is 0.0648. The predicted molar refractivity (Wildman–Crippen MR) is 333 cm³/mol. The van der Waals surface area contributed by atoms with E-state index in [-0.39, 0.29) is 0 Å². The van der Waals surface area contributed by atoms with Gasteiger partial charge < -0.3 is 40.2 Å². The highest BCUT2D eigenvalue weighted by atomic mass is 16.4. The third kappa shape index (κ3) is 58.0. The zero-order valence-corrected chi connectivity index (χ0v) is 57.7. The van der Waals surface area contributed by atoms with Crippen LogP contribution in [0.2, 0.25) is 0 Å². The summed E-state index contributed by atoms with van der Waals surface area (Å²) in [5.41, 5.74) is 0. The molecule has 8 aromatic heterocycles. The van der Waals surface area contributed by atoms with Crippen LogP contribution < -0.4 is 76.7 Å². The molecule has 0 N–H and O–H groups in total. The van der Waals surface area contributed by atoms with Gasteiger partial charge in [-0.2, -0.15) is 0 Å². The van der Waals surface area contributed by atoms with Crippen molar-refractivity contribution in [3.05, 3.63) is 150 Å². The van der Waals surface area contributed by atoms with Gasteiger partial charge in [0.15, 0.2) is 0 Å². The minimum Gasteiger partial charge on any atom is -0.881 e. The van der Waals surface area contributed by atoms with Gasteiger partial charge in [0.2, 0.25) is 50.6 Å². The Bertz CT molecular complexity index is 2540. The van der Waals surface area contributed by atoms with Crippen LogP contribution >= 0.6 is 0 Å². The lowest BCUT2D eigenvalue weighted by Gasteiger charge is -2.12. The molecule has 8 rings (SSSR count). The minimum absolute atomic E-state index is 0.917. The summed E-state index contributed by atoms with van der Waals surface area (Å²) in [6, 6.07) is 0. The number of nitrogens with zero attached hydrogens (tertiary/aromatic N) is 20. The highest BCUT2D eigenvalue weighted by Crippen LogP contribution is 1.91. The molecule has 0 fully saturated rings. The molecule has 0 aromatic carbocycles. The molecule has 8 aromatic rings. The lowest BCUT2D eigenvalue weighted by molar-refractivity contribution is -0.671. The SMILES string of the molecule is CCCn1cc[n+](C)c1.CCCn1cc[n+](C)c1.CCCn1cc[n+](C)c1.CCCn1cc[n+](C)c1.CCCn1cc[n+](C)c1.CCCn1cc[n+](C)c1.CCCn1cc[n+](C)c1.CCCn1cc[n+](C)c1.N#CB([O-])[O-].N#CB([O-])[O-].N#CB([O-])[O-].N#CB([O-])[O-]. The van der Waals surface area contributed by atoms with Crippen molar-refractivity contribution in [3.8, 4) is 23.9 Å². The van der Waals surface area contributed by atoms with Gasteiger partial charge >= 0.3 is 0 Å². The number of aryl methyl sites for hydroxylation is 16. The van der Waals surface area contributed by atoms with E-state index in [2.05, 4.69) is 278 Å². The van der Waals surface area contributed by atoms with Gasteiger partial charge in [0.1, 0.15) is 99.1 Å². The van der Waals surface area contributed by atoms with Gasteiger partial charge in [-0.05, 0) is 75.2 Å². The van der Waals surface area contributed by atoms with E-state index in [0.29, 0.717) is 0 Å². The summed E-state index contributed by atoms with van der Waals surface area (Å²) in [7, 11) is 7.03. The van der Waals surface area contributed by atoms with Crippen molar-refractivity contribution in [2.75, 3.05) is 0 Å². The van der Waals surface area contributed by atoms with Crippen molar-refractivity contribution in [2.45, 2.75) is 159 Å². The van der Waals surface area contributed by atoms with Crippen LogP contribution in [0.25, 0.3) is 0 Å². The molecule has 504 valence electrons. The van der Waals surface area contributed by atoms with Crippen LogP contribution in [-0.2, 0) is 109 Å². The Labute approximate surface area is 549 Å². The van der Waals surface area contributed by atoms with Gasteiger partial charge in [-0.3, -0.25) is 0 Å². The number of rotatable bonds is 16. The molecule has 0 radical (unpaired) electrons. The average molecular weight is 1280 g/mol. The number of imidazole rings is 8. The number of aromatic nitrogens is 16. The summed E-state index contributed by atoms with van der Waals surface area (Å²) < 4.78 is 33.9. The van der Waals surface area contributed by atoms with Crippen LogP contribution in [0, 0.1) is 44.9 Å². The minimum atomic E-state index is -2.31. The Hall–Kier alpha value is -8.42. The van der Waals surface area contributed by atoms with Crippen molar-refractivity contribution >= 4 is 28.5 Å². The topological polar surface area (TPSA) is 350 Å². The summed E-state index contributed by atoms with van der Waals surface area (Å²) in [4.78, 5) is 0. The molecule has 0 spiro atoms. The van der Waals surface area contributed by atoms with Crippen LogP contribution in [0.5, 0.6) is 0 Å². The number of hydrogen-bond donors (Lipinski definition) is 0. The van der Waals surface area contributed by atoms with E-state index in [0.717, 1.165) is 76.2 Å². The third-order valence-electron chi connectivity index (χ3n) is 10.9. The average Bonchev–Trinajstić information content (AvgIpc) is 4.64. The van der Waals surface area contributed by atoms with E-state index in [4.69, 9.17) is 61.2 Å². The Morgan fingerprint density at radius 2 is 0.326 bits per heavy atom. The maximum Gasteiger partial charge on any atom is 0.243 e. The van der Waals surface area contributed by atoms with E-state index < -0.39 is 28.5 Å². The summed E-state index contributed by atoms with van der Waals surface area (Å²) in [5, 5.41) is 101.